The average molecular weight is 324 g/mol. The van der Waals surface area contributed by atoms with Gasteiger partial charge in [0.15, 0.2) is 0 Å². The molecule has 1 heterocycles. The van der Waals surface area contributed by atoms with Gasteiger partial charge in [0, 0.05) is 10.9 Å². The molecule has 124 valence electrons. The van der Waals surface area contributed by atoms with Crippen LogP contribution in [0.15, 0.2) is 42.5 Å². The first-order chi connectivity index (χ1) is 11.3. The Morgan fingerprint density at radius 1 is 1.12 bits per heavy atom. The van der Waals surface area contributed by atoms with Crippen molar-refractivity contribution in [2.75, 3.05) is 0 Å². The highest BCUT2D eigenvalue weighted by Crippen LogP contribution is 2.36. The van der Waals surface area contributed by atoms with Crippen LogP contribution in [0.5, 0.6) is 0 Å². The molecule has 2 aromatic carbocycles. The summed E-state index contributed by atoms with van der Waals surface area (Å²) in [4.78, 5) is 11.6. The molecule has 0 saturated heterocycles. The van der Waals surface area contributed by atoms with Gasteiger partial charge in [-0.25, -0.2) is 4.79 Å². The smallest absolute Gasteiger partial charge is 0.432 e. The fraction of sp³-hybridized carbons (Fsp3) is 0.263. The van der Waals surface area contributed by atoms with E-state index in [9.17, 15) is 15.0 Å². The normalized spacial score (nSPS) is 11.8. The molecule has 0 unspecified atom stereocenters. The van der Waals surface area contributed by atoms with Crippen LogP contribution in [0, 0.1) is 0 Å². The predicted molar refractivity (Wildman–Crippen MR) is 93.2 cm³/mol. The van der Waals surface area contributed by atoms with Crippen molar-refractivity contribution in [3.63, 3.8) is 0 Å². The largest absolute Gasteiger partial charge is 0.463 e. The summed E-state index contributed by atoms with van der Waals surface area (Å²) in [5.74, 6) is 0. The highest BCUT2D eigenvalue weighted by molar-refractivity contribution is 6.00. The van der Waals surface area contributed by atoms with Crippen LogP contribution in [0.1, 0.15) is 31.9 Å². The quantitative estimate of drug-likeness (QED) is 0.746. The predicted octanol–water partition coefficient (Wildman–Crippen LogP) is 4.02. The maximum atomic E-state index is 11.6. The standard InChI is InChI=1S/C19H20N2O3/c1-19(2,3)14-5-4-6-15-16(14)17(20-21(15)18(23)24)13-9-7-12(11-22)8-10-13/h4-10,22H,11H2,1-3H3,(H,23,24). The molecule has 0 amide bonds. The lowest BCUT2D eigenvalue weighted by atomic mass is 9.83. The van der Waals surface area contributed by atoms with E-state index >= 15 is 0 Å². The molecule has 0 spiro atoms. The van der Waals surface area contributed by atoms with Crippen LogP contribution in [0.4, 0.5) is 4.79 Å². The van der Waals surface area contributed by atoms with Crippen molar-refractivity contribution in [3.05, 3.63) is 53.6 Å². The van der Waals surface area contributed by atoms with E-state index in [1.165, 1.54) is 0 Å². The number of hydrogen-bond donors (Lipinski definition) is 2. The van der Waals surface area contributed by atoms with Crippen LogP contribution in [-0.2, 0) is 12.0 Å². The van der Waals surface area contributed by atoms with Gasteiger partial charge in [0.2, 0.25) is 0 Å². The van der Waals surface area contributed by atoms with E-state index in [2.05, 4.69) is 25.9 Å². The molecule has 3 rings (SSSR count). The topological polar surface area (TPSA) is 75.4 Å². The molecule has 5 nitrogen and oxygen atoms in total. The number of carbonyl (C=O) groups is 1. The molecular formula is C19H20N2O3. The number of fused-ring (bicyclic) bond motifs is 1. The molecule has 5 heteroatoms. The second-order valence-corrected chi connectivity index (χ2v) is 6.85. The highest BCUT2D eigenvalue weighted by atomic mass is 16.4. The zero-order valence-corrected chi connectivity index (χ0v) is 13.9. The molecule has 0 fully saturated rings. The first-order valence-corrected chi connectivity index (χ1v) is 7.78. The fourth-order valence-corrected chi connectivity index (χ4v) is 2.91. The van der Waals surface area contributed by atoms with Gasteiger partial charge in [-0.1, -0.05) is 57.2 Å². The summed E-state index contributed by atoms with van der Waals surface area (Å²) in [6.07, 6.45) is -1.11. The van der Waals surface area contributed by atoms with E-state index in [0.29, 0.717) is 11.2 Å². The van der Waals surface area contributed by atoms with Gasteiger partial charge in [0.25, 0.3) is 0 Å². The van der Waals surface area contributed by atoms with E-state index in [1.54, 1.807) is 6.07 Å². The van der Waals surface area contributed by atoms with Crippen molar-refractivity contribution in [1.82, 2.24) is 9.78 Å². The molecule has 0 saturated carbocycles. The number of benzene rings is 2. The molecular weight excluding hydrogens is 304 g/mol. The van der Waals surface area contributed by atoms with Crippen molar-refractivity contribution < 1.29 is 15.0 Å². The number of nitrogens with zero attached hydrogens (tertiary/aromatic N) is 2. The summed E-state index contributed by atoms with van der Waals surface area (Å²) >= 11 is 0. The molecule has 2 N–H and O–H groups in total. The molecule has 0 atom stereocenters. The molecule has 0 aliphatic heterocycles. The number of aliphatic hydroxyl groups is 1. The molecule has 0 aliphatic rings. The zero-order chi connectivity index (χ0) is 17.5. The maximum Gasteiger partial charge on any atom is 0.432 e. The van der Waals surface area contributed by atoms with E-state index in [-0.39, 0.29) is 12.0 Å². The van der Waals surface area contributed by atoms with Crippen LogP contribution in [0.2, 0.25) is 0 Å². The molecule has 24 heavy (non-hydrogen) atoms. The fourth-order valence-electron chi connectivity index (χ4n) is 2.91. The van der Waals surface area contributed by atoms with Crippen molar-refractivity contribution in [1.29, 1.82) is 0 Å². The highest BCUT2D eigenvalue weighted by Gasteiger charge is 2.24. The minimum absolute atomic E-state index is 0.0299. The van der Waals surface area contributed by atoms with E-state index in [0.717, 1.165) is 26.8 Å². The Kier molecular flexibility index (Phi) is 3.89. The Morgan fingerprint density at radius 3 is 2.33 bits per heavy atom. The lowest BCUT2D eigenvalue weighted by molar-refractivity contribution is 0.194. The van der Waals surface area contributed by atoms with Gasteiger partial charge in [-0.3, -0.25) is 0 Å². The minimum Gasteiger partial charge on any atom is -0.463 e. The van der Waals surface area contributed by atoms with Crippen LogP contribution in [0.3, 0.4) is 0 Å². The van der Waals surface area contributed by atoms with Gasteiger partial charge >= 0.3 is 6.09 Å². The van der Waals surface area contributed by atoms with Gasteiger partial charge in [0.05, 0.1) is 12.1 Å². The van der Waals surface area contributed by atoms with Crippen LogP contribution < -0.4 is 0 Å². The van der Waals surface area contributed by atoms with Crippen molar-refractivity contribution in [3.8, 4) is 11.3 Å². The minimum atomic E-state index is -1.11. The Balaban J connectivity index is 2.35. The second-order valence-electron chi connectivity index (χ2n) is 6.85. The third-order valence-electron chi connectivity index (χ3n) is 4.11. The van der Waals surface area contributed by atoms with Crippen LogP contribution in [-0.4, -0.2) is 26.1 Å². The lowest BCUT2D eigenvalue weighted by Crippen LogP contribution is -2.12. The van der Waals surface area contributed by atoms with Gasteiger partial charge in [-0.05, 0) is 22.6 Å². The number of rotatable bonds is 2. The molecule has 0 aliphatic carbocycles. The molecule has 3 aromatic rings. The first-order valence-electron chi connectivity index (χ1n) is 7.78. The van der Waals surface area contributed by atoms with E-state index in [4.69, 9.17) is 0 Å². The number of aromatic nitrogens is 2. The summed E-state index contributed by atoms with van der Waals surface area (Å²) in [6.45, 7) is 6.26. The van der Waals surface area contributed by atoms with Crippen molar-refractivity contribution in [2.24, 2.45) is 0 Å². The van der Waals surface area contributed by atoms with Gasteiger partial charge < -0.3 is 10.2 Å². The number of aliphatic hydroxyl groups excluding tert-OH is 1. The van der Waals surface area contributed by atoms with Crippen molar-refractivity contribution in [2.45, 2.75) is 32.8 Å². The Morgan fingerprint density at radius 2 is 1.79 bits per heavy atom. The number of hydrogen-bond acceptors (Lipinski definition) is 3. The van der Waals surface area contributed by atoms with Gasteiger partial charge in [-0.15, -0.1) is 0 Å². The Labute approximate surface area is 140 Å². The summed E-state index contributed by atoms with van der Waals surface area (Å²) in [5, 5.41) is 23.9. The third kappa shape index (κ3) is 2.67. The molecule has 0 radical (unpaired) electrons. The lowest BCUT2D eigenvalue weighted by Gasteiger charge is -2.20. The summed E-state index contributed by atoms with van der Waals surface area (Å²) < 4.78 is 1.03. The van der Waals surface area contributed by atoms with Gasteiger partial charge in [0.1, 0.15) is 5.69 Å². The second kappa shape index (κ2) is 5.76. The van der Waals surface area contributed by atoms with Crippen molar-refractivity contribution >= 4 is 17.0 Å². The summed E-state index contributed by atoms with van der Waals surface area (Å²) in [5.41, 5.74) is 3.75. The average Bonchev–Trinajstić information content (AvgIpc) is 2.94. The number of carboxylic acid groups (broad SMARTS) is 1. The SMILES string of the molecule is CC(C)(C)c1cccc2c1c(-c1ccc(CO)cc1)nn2C(=O)O. The Hall–Kier alpha value is -2.66. The van der Waals surface area contributed by atoms with Crippen LogP contribution >= 0.6 is 0 Å². The summed E-state index contributed by atoms with van der Waals surface area (Å²) in [6, 6.07) is 13.0. The maximum absolute atomic E-state index is 11.6. The molecule has 1 aromatic heterocycles. The monoisotopic (exact) mass is 324 g/mol. The van der Waals surface area contributed by atoms with E-state index in [1.807, 2.05) is 36.4 Å². The van der Waals surface area contributed by atoms with Gasteiger partial charge in [-0.2, -0.15) is 9.78 Å². The van der Waals surface area contributed by atoms with Crippen LogP contribution in [0.25, 0.3) is 22.2 Å². The molecule has 0 bridgehead atoms. The summed E-state index contributed by atoms with van der Waals surface area (Å²) in [7, 11) is 0. The Bertz CT molecular complexity index is 903. The van der Waals surface area contributed by atoms with E-state index < -0.39 is 6.09 Å². The first kappa shape index (κ1) is 16.2. The third-order valence-corrected chi connectivity index (χ3v) is 4.11. The zero-order valence-electron chi connectivity index (χ0n) is 13.9.